The first-order valence-corrected chi connectivity index (χ1v) is 8.78. The number of rotatable bonds is 3. The van der Waals surface area contributed by atoms with E-state index in [9.17, 15) is 4.79 Å². The number of alkyl halides is 1. The molecule has 1 aromatic rings. The molecule has 6 heteroatoms. The van der Waals surface area contributed by atoms with Crippen molar-refractivity contribution in [2.24, 2.45) is 0 Å². The van der Waals surface area contributed by atoms with Crippen LogP contribution in [0.5, 0.6) is 0 Å². The van der Waals surface area contributed by atoms with Gasteiger partial charge < -0.3 is 10.2 Å². The number of halogens is 1. The van der Waals surface area contributed by atoms with Crippen LogP contribution in [-0.2, 0) is 4.79 Å². The fourth-order valence-electron chi connectivity index (χ4n) is 3.24. The third-order valence-electron chi connectivity index (χ3n) is 4.67. The molecule has 5 nitrogen and oxygen atoms in total. The number of piperidine rings is 1. The van der Waals surface area contributed by atoms with Crippen LogP contribution in [0.15, 0.2) is 30.3 Å². The van der Waals surface area contributed by atoms with Crippen LogP contribution in [0.25, 0.3) is 0 Å². The third kappa shape index (κ3) is 3.20. The summed E-state index contributed by atoms with van der Waals surface area (Å²) in [6.45, 7) is 1.66. The highest BCUT2D eigenvalue weighted by Crippen LogP contribution is 2.30. The molecule has 2 fully saturated rings. The van der Waals surface area contributed by atoms with Crippen LogP contribution in [0.3, 0.4) is 0 Å². The van der Waals surface area contributed by atoms with Gasteiger partial charge in [0.15, 0.2) is 0 Å². The minimum absolute atomic E-state index is 0.0458. The van der Waals surface area contributed by atoms with Crippen molar-refractivity contribution in [2.75, 3.05) is 20.1 Å². The number of carbonyl (C=O) groups excluding carboxylic acids is 1. The second-order valence-corrected chi connectivity index (χ2v) is 7.04. The number of hydrogen-bond donors (Lipinski definition) is 3. The summed E-state index contributed by atoms with van der Waals surface area (Å²) < 4.78 is 0. The molecule has 0 aliphatic carbocycles. The lowest BCUT2D eigenvalue weighted by Crippen LogP contribution is -2.52. The summed E-state index contributed by atoms with van der Waals surface area (Å²) >= 11 is 3.72. The molecule has 1 amide bonds. The summed E-state index contributed by atoms with van der Waals surface area (Å²) in [6, 6.07) is 10.6. The molecular formula is C16H23BrN4O. The van der Waals surface area contributed by atoms with Crippen molar-refractivity contribution in [3.05, 3.63) is 35.9 Å². The Morgan fingerprint density at radius 3 is 2.55 bits per heavy atom. The lowest BCUT2D eigenvalue weighted by Gasteiger charge is -2.33. The smallest absolute Gasteiger partial charge is 0.242 e. The molecule has 2 aliphatic heterocycles. The van der Waals surface area contributed by atoms with E-state index in [1.54, 1.807) is 0 Å². The average molecular weight is 367 g/mol. The van der Waals surface area contributed by atoms with Gasteiger partial charge in [0.05, 0.1) is 10.9 Å². The Balaban J connectivity index is 1.63. The van der Waals surface area contributed by atoms with E-state index in [0.29, 0.717) is 6.04 Å². The minimum atomic E-state index is -0.226. The highest BCUT2D eigenvalue weighted by atomic mass is 79.9. The van der Waals surface area contributed by atoms with Crippen molar-refractivity contribution in [1.29, 1.82) is 0 Å². The number of nitrogens with zero attached hydrogens (tertiary/aromatic N) is 1. The molecule has 120 valence electrons. The number of hydrazine groups is 1. The van der Waals surface area contributed by atoms with Crippen molar-refractivity contribution in [1.82, 2.24) is 21.1 Å². The molecule has 22 heavy (non-hydrogen) atoms. The monoisotopic (exact) mass is 366 g/mol. The van der Waals surface area contributed by atoms with Gasteiger partial charge in [0.2, 0.25) is 5.91 Å². The van der Waals surface area contributed by atoms with E-state index in [4.69, 9.17) is 0 Å². The highest BCUT2D eigenvalue weighted by molar-refractivity contribution is 9.09. The fraction of sp³-hybridized carbons (Fsp3) is 0.562. The molecule has 2 saturated heterocycles. The molecule has 1 aromatic carbocycles. The number of nitrogens with one attached hydrogen (secondary N) is 3. The van der Waals surface area contributed by atoms with Gasteiger partial charge in [0, 0.05) is 19.1 Å². The number of hydrogen-bond acceptors (Lipinski definition) is 4. The summed E-state index contributed by atoms with van der Waals surface area (Å²) in [5.74, 6) is 0.183. The van der Waals surface area contributed by atoms with E-state index in [2.05, 4.69) is 44.2 Å². The number of carbonyl (C=O) groups is 1. The Labute approximate surface area is 139 Å². The maximum Gasteiger partial charge on any atom is 0.242 e. The van der Waals surface area contributed by atoms with E-state index < -0.39 is 0 Å². The molecule has 0 bridgehead atoms. The molecule has 0 spiro atoms. The average Bonchev–Trinajstić information content (AvgIpc) is 2.96. The van der Waals surface area contributed by atoms with Crippen LogP contribution in [0.4, 0.5) is 0 Å². The van der Waals surface area contributed by atoms with Gasteiger partial charge in [-0.05, 0) is 25.5 Å². The van der Waals surface area contributed by atoms with Gasteiger partial charge in [0.25, 0.3) is 0 Å². The van der Waals surface area contributed by atoms with Crippen LogP contribution < -0.4 is 16.2 Å². The largest absolute Gasteiger partial charge is 0.341 e. The minimum Gasteiger partial charge on any atom is -0.341 e. The lowest BCUT2D eigenvalue weighted by atomic mass is 10.00. The molecule has 3 unspecified atom stereocenters. The van der Waals surface area contributed by atoms with Gasteiger partial charge in [-0.2, -0.15) is 0 Å². The Morgan fingerprint density at radius 1 is 1.23 bits per heavy atom. The second kappa shape index (κ2) is 7.08. The first kappa shape index (κ1) is 15.9. The molecule has 0 saturated carbocycles. The zero-order valence-electron chi connectivity index (χ0n) is 12.8. The van der Waals surface area contributed by atoms with Crippen molar-refractivity contribution in [3.8, 4) is 0 Å². The van der Waals surface area contributed by atoms with Gasteiger partial charge >= 0.3 is 0 Å². The van der Waals surface area contributed by atoms with Crippen LogP contribution in [0.1, 0.15) is 24.4 Å². The molecule has 0 radical (unpaired) electrons. The first-order chi connectivity index (χ1) is 10.7. The first-order valence-electron chi connectivity index (χ1n) is 7.87. The number of benzene rings is 1. The molecular weight excluding hydrogens is 344 g/mol. The van der Waals surface area contributed by atoms with Crippen LogP contribution >= 0.6 is 15.9 Å². The summed E-state index contributed by atoms with van der Waals surface area (Å²) in [4.78, 5) is 14.8. The van der Waals surface area contributed by atoms with Crippen molar-refractivity contribution in [3.63, 3.8) is 0 Å². The van der Waals surface area contributed by atoms with Gasteiger partial charge in [-0.25, -0.2) is 10.9 Å². The van der Waals surface area contributed by atoms with E-state index in [1.165, 1.54) is 5.56 Å². The zero-order chi connectivity index (χ0) is 15.5. The molecule has 3 rings (SSSR count). The summed E-state index contributed by atoms with van der Waals surface area (Å²) in [5.41, 5.74) is 7.61. The molecule has 0 aromatic heterocycles. The quantitative estimate of drug-likeness (QED) is 0.703. The number of amides is 1. The van der Waals surface area contributed by atoms with E-state index in [-0.39, 0.29) is 22.8 Å². The second-order valence-electron chi connectivity index (χ2n) is 5.99. The van der Waals surface area contributed by atoms with Crippen molar-refractivity contribution >= 4 is 21.8 Å². The summed E-state index contributed by atoms with van der Waals surface area (Å²) in [6.07, 6.45) is 2.05. The maximum atomic E-state index is 12.8. The predicted molar refractivity (Wildman–Crippen MR) is 90.6 cm³/mol. The molecule has 2 aliphatic rings. The third-order valence-corrected chi connectivity index (χ3v) is 5.73. The predicted octanol–water partition coefficient (Wildman–Crippen LogP) is 1.18. The topological polar surface area (TPSA) is 56.4 Å². The van der Waals surface area contributed by atoms with Crippen LogP contribution in [0, 0.1) is 0 Å². The van der Waals surface area contributed by atoms with Gasteiger partial charge in [-0.1, -0.05) is 46.3 Å². The van der Waals surface area contributed by atoms with Crippen LogP contribution in [0.2, 0.25) is 0 Å². The Bertz CT molecular complexity index is 504. The Morgan fingerprint density at radius 2 is 1.91 bits per heavy atom. The SMILES string of the molecule is CNC1CCN(C(=O)C2NNC(c3ccccc3)C2Br)CC1. The van der Waals surface area contributed by atoms with Gasteiger partial charge in [-0.15, -0.1) is 0 Å². The Kier molecular flexibility index (Phi) is 5.13. The van der Waals surface area contributed by atoms with Gasteiger partial charge in [-0.3, -0.25) is 4.79 Å². The highest BCUT2D eigenvalue weighted by Gasteiger charge is 2.41. The normalized spacial score (nSPS) is 29.7. The van der Waals surface area contributed by atoms with Crippen LogP contribution in [-0.4, -0.2) is 47.9 Å². The molecule has 2 heterocycles. The Hall–Kier alpha value is -0.950. The van der Waals surface area contributed by atoms with Gasteiger partial charge in [0.1, 0.15) is 6.04 Å². The molecule has 3 atom stereocenters. The fourth-order valence-corrected chi connectivity index (χ4v) is 4.04. The zero-order valence-corrected chi connectivity index (χ0v) is 14.3. The van der Waals surface area contributed by atoms with Crippen molar-refractivity contribution < 1.29 is 4.79 Å². The summed E-state index contributed by atoms with van der Waals surface area (Å²) in [5, 5.41) is 3.30. The van der Waals surface area contributed by atoms with E-state index >= 15 is 0 Å². The maximum absolute atomic E-state index is 12.8. The summed E-state index contributed by atoms with van der Waals surface area (Å²) in [7, 11) is 1.99. The van der Waals surface area contributed by atoms with E-state index in [0.717, 1.165) is 25.9 Å². The molecule has 3 N–H and O–H groups in total. The lowest BCUT2D eigenvalue weighted by molar-refractivity contribution is -0.134. The number of likely N-dealkylation sites (tertiary alicyclic amines) is 1. The standard InChI is InChI=1S/C16H23BrN4O/c1-18-12-7-9-21(10-8-12)16(22)15-13(17)14(19-20-15)11-5-3-2-4-6-11/h2-6,12-15,18-20H,7-10H2,1H3. The van der Waals surface area contributed by atoms with E-state index in [1.807, 2.05) is 30.1 Å². The van der Waals surface area contributed by atoms with Crippen molar-refractivity contribution in [2.45, 2.75) is 35.8 Å².